The second-order valence-electron chi connectivity index (χ2n) is 4.05. The molecule has 4 nitrogen and oxygen atoms in total. The summed E-state index contributed by atoms with van der Waals surface area (Å²) in [6.45, 7) is 4.03. The molecule has 17 heavy (non-hydrogen) atoms. The van der Waals surface area contributed by atoms with Crippen LogP contribution in [0.3, 0.4) is 0 Å². The van der Waals surface area contributed by atoms with Gasteiger partial charge in [-0.25, -0.2) is 0 Å². The fraction of sp³-hybridized carbons (Fsp3) is 0.417. The number of nitrogen functional groups attached to an aromatic ring is 1. The number of anilines is 1. The fourth-order valence-electron chi connectivity index (χ4n) is 1.53. The molecular formula is C12H17ClN2O2. The van der Waals surface area contributed by atoms with Crippen LogP contribution in [0.5, 0.6) is 0 Å². The van der Waals surface area contributed by atoms with Crippen molar-refractivity contribution in [1.82, 2.24) is 4.90 Å². The van der Waals surface area contributed by atoms with E-state index in [4.69, 9.17) is 22.4 Å². The molecule has 0 aliphatic heterocycles. The largest absolute Gasteiger partial charge is 0.398 e. The minimum atomic E-state index is -0.157. The molecule has 0 fully saturated rings. The molecule has 94 valence electrons. The van der Waals surface area contributed by atoms with E-state index in [0.717, 1.165) is 0 Å². The van der Waals surface area contributed by atoms with Gasteiger partial charge in [0.15, 0.2) is 0 Å². The second-order valence-corrected chi connectivity index (χ2v) is 4.46. The summed E-state index contributed by atoms with van der Waals surface area (Å²) >= 11 is 5.87. The third-order valence-electron chi connectivity index (χ3n) is 2.47. The van der Waals surface area contributed by atoms with E-state index >= 15 is 0 Å². The first-order valence-corrected chi connectivity index (χ1v) is 5.82. The van der Waals surface area contributed by atoms with E-state index in [1.54, 1.807) is 23.1 Å². The number of halogens is 1. The minimum Gasteiger partial charge on any atom is -0.398 e. The van der Waals surface area contributed by atoms with Gasteiger partial charge < -0.3 is 15.7 Å². The molecule has 5 heteroatoms. The maximum Gasteiger partial charge on any atom is 0.254 e. The summed E-state index contributed by atoms with van der Waals surface area (Å²) in [4.78, 5) is 13.7. The number of hydrogen-bond acceptors (Lipinski definition) is 3. The minimum absolute atomic E-state index is 0.0194. The molecule has 0 aromatic heterocycles. The van der Waals surface area contributed by atoms with Crippen LogP contribution in [0, 0.1) is 0 Å². The van der Waals surface area contributed by atoms with Crippen LogP contribution in [0.1, 0.15) is 24.2 Å². The summed E-state index contributed by atoms with van der Waals surface area (Å²) in [6, 6.07) is 4.81. The molecule has 0 heterocycles. The molecule has 0 bridgehead atoms. The normalized spacial score (nSPS) is 10.6. The van der Waals surface area contributed by atoms with Gasteiger partial charge in [0, 0.05) is 18.2 Å². The lowest BCUT2D eigenvalue weighted by molar-refractivity contribution is 0.0665. The number of nitrogens with zero attached hydrogens (tertiary/aromatic N) is 1. The highest BCUT2D eigenvalue weighted by molar-refractivity contribution is 6.33. The molecule has 3 N–H and O–H groups in total. The van der Waals surface area contributed by atoms with Crippen molar-refractivity contribution in [3.63, 3.8) is 0 Å². The Morgan fingerprint density at radius 2 is 2.18 bits per heavy atom. The Kier molecular flexibility index (Phi) is 4.78. The first-order valence-electron chi connectivity index (χ1n) is 5.44. The molecule has 0 unspecified atom stereocenters. The van der Waals surface area contributed by atoms with Gasteiger partial charge in [0.2, 0.25) is 0 Å². The van der Waals surface area contributed by atoms with Crippen molar-refractivity contribution in [3.8, 4) is 0 Å². The van der Waals surface area contributed by atoms with E-state index in [0.29, 0.717) is 22.8 Å². The van der Waals surface area contributed by atoms with Gasteiger partial charge in [-0.15, -0.1) is 0 Å². The summed E-state index contributed by atoms with van der Waals surface area (Å²) in [7, 11) is 0. The molecule has 0 saturated heterocycles. The second kappa shape index (κ2) is 5.89. The smallest absolute Gasteiger partial charge is 0.254 e. The van der Waals surface area contributed by atoms with Crippen LogP contribution in [0.2, 0.25) is 5.02 Å². The predicted octanol–water partition coefficient (Wildman–Crippen LogP) is 1.77. The van der Waals surface area contributed by atoms with E-state index in [9.17, 15) is 4.79 Å². The Morgan fingerprint density at radius 3 is 2.65 bits per heavy atom. The third-order valence-corrected chi connectivity index (χ3v) is 2.80. The van der Waals surface area contributed by atoms with Crippen molar-refractivity contribution in [3.05, 3.63) is 28.8 Å². The topological polar surface area (TPSA) is 66.6 Å². The fourth-order valence-corrected chi connectivity index (χ4v) is 1.71. The van der Waals surface area contributed by atoms with Gasteiger partial charge in [-0.2, -0.15) is 0 Å². The average Bonchev–Trinajstić information content (AvgIpc) is 2.28. The Balaban J connectivity index is 2.97. The molecule has 0 aliphatic carbocycles. The Bertz CT molecular complexity index is 407. The van der Waals surface area contributed by atoms with Crippen molar-refractivity contribution in [2.75, 3.05) is 18.9 Å². The van der Waals surface area contributed by atoms with Crippen molar-refractivity contribution in [1.29, 1.82) is 0 Å². The third kappa shape index (κ3) is 3.35. The molecule has 1 amide bonds. The van der Waals surface area contributed by atoms with Crippen molar-refractivity contribution in [2.45, 2.75) is 19.9 Å². The zero-order chi connectivity index (χ0) is 13.0. The zero-order valence-corrected chi connectivity index (χ0v) is 10.7. The first kappa shape index (κ1) is 13.8. The number of hydrogen-bond donors (Lipinski definition) is 2. The van der Waals surface area contributed by atoms with Crippen molar-refractivity contribution >= 4 is 23.2 Å². The summed E-state index contributed by atoms with van der Waals surface area (Å²) in [5.41, 5.74) is 6.51. The summed E-state index contributed by atoms with van der Waals surface area (Å²) in [5, 5.41) is 9.30. The molecule has 1 aromatic rings. The monoisotopic (exact) mass is 256 g/mol. The van der Waals surface area contributed by atoms with Crippen molar-refractivity contribution < 1.29 is 9.90 Å². The van der Waals surface area contributed by atoms with Gasteiger partial charge >= 0.3 is 0 Å². The van der Waals surface area contributed by atoms with E-state index in [1.165, 1.54) is 0 Å². The molecule has 0 saturated carbocycles. The summed E-state index contributed by atoms with van der Waals surface area (Å²) < 4.78 is 0. The summed E-state index contributed by atoms with van der Waals surface area (Å²) in [5.74, 6) is -0.157. The zero-order valence-electron chi connectivity index (χ0n) is 9.98. The van der Waals surface area contributed by atoms with Crippen LogP contribution in [-0.2, 0) is 0 Å². The maximum atomic E-state index is 12.2. The Hall–Kier alpha value is -1.26. The lowest BCUT2D eigenvalue weighted by Gasteiger charge is -2.26. The molecular weight excluding hydrogens is 240 g/mol. The van der Waals surface area contributed by atoms with Crippen LogP contribution in [-0.4, -0.2) is 35.1 Å². The molecule has 1 rings (SSSR count). The first-order chi connectivity index (χ1) is 7.97. The maximum absolute atomic E-state index is 12.2. The molecule has 0 aliphatic rings. The molecule has 0 radical (unpaired) electrons. The number of nitrogens with two attached hydrogens (primary N) is 1. The van der Waals surface area contributed by atoms with Crippen LogP contribution in [0.15, 0.2) is 18.2 Å². The standard InChI is InChI=1S/C12H17ClN2O2/c1-8(2)15(5-6-16)12(17)9-3-4-11(14)10(13)7-9/h3-4,7-8,16H,5-6,14H2,1-2H3. The van der Waals surface area contributed by atoms with Gasteiger partial charge in [0.1, 0.15) is 0 Å². The van der Waals surface area contributed by atoms with E-state index in [-0.39, 0.29) is 18.6 Å². The quantitative estimate of drug-likeness (QED) is 0.807. The number of amides is 1. The van der Waals surface area contributed by atoms with Gasteiger partial charge in [-0.1, -0.05) is 11.6 Å². The van der Waals surface area contributed by atoms with E-state index < -0.39 is 0 Å². The Labute approximate surface area is 106 Å². The number of aliphatic hydroxyl groups is 1. The number of aliphatic hydroxyl groups excluding tert-OH is 1. The van der Waals surface area contributed by atoms with E-state index in [2.05, 4.69) is 0 Å². The predicted molar refractivity (Wildman–Crippen MR) is 69.1 cm³/mol. The van der Waals surface area contributed by atoms with Crippen LogP contribution in [0.25, 0.3) is 0 Å². The average molecular weight is 257 g/mol. The highest BCUT2D eigenvalue weighted by Crippen LogP contribution is 2.21. The molecule has 0 spiro atoms. The van der Waals surface area contributed by atoms with Crippen LogP contribution in [0.4, 0.5) is 5.69 Å². The van der Waals surface area contributed by atoms with E-state index in [1.807, 2.05) is 13.8 Å². The van der Waals surface area contributed by atoms with Gasteiger partial charge in [0.25, 0.3) is 5.91 Å². The summed E-state index contributed by atoms with van der Waals surface area (Å²) in [6.07, 6.45) is 0. The van der Waals surface area contributed by atoms with Gasteiger partial charge in [0.05, 0.1) is 17.3 Å². The Morgan fingerprint density at radius 1 is 1.53 bits per heavy atom. The number of carbonyl (C=O) groups is 1. The highest BCUT2D eigenvalue weighted by Gasteiger charge is 2.18. The lowest BCUT2D eigenvalue weighted by atomic mass is 10.1. The van der Waals surface area contributed by atoms with Crippen LogP contribution < -0.4 is 5.73 Å². The van der Waals surface area contributed by atoms with Crippen molar-refractivity contribution in [2.24, 2.45) is 0 Å². The SMILES string of the molecule is CC(C)N(CCO)C(=O)c1ccc(N)c(Cl)c1. The number of carbonyl (C=O) groups excluding carboxylic acids is 1. The lowest BCUT2D eigenvalue weighted by Crippen LogP contribution is -2.39. The molecule has 1 aromatic carbocycles. The van der Waals surface area contributed by atoms with Gasteiger partial charge in [-0.05, 0) is 32.0 Å². The highest BCUT2D eigenvalue weighted by atomic mass is 35.5. The number of rotatable bonds is 4. The molecule has 0 atom stereocenters. The van der Waals surface area contributed by atoms with Gasteiger partial charge in [-0.3, -0.25) is 4.79 Å². The van der Waals surface area contributed by atoms with Crippen LogP contribution >= 0.6 is 11.6 Å². The number of benzene rings is 1.